The zero-order valence-electron chi connectivity index (χ0n) is 24.7. The van der Waals surface area contributed by atoms with E-state index >= 15 is 0 Å². The molecule has 22 nitrogen and oxygen atoms in total. The molecule has 0 aliphatic carbocycles. The molecule has 4 N–H and O–H groups in total. The van der Waals surface area contributed by atoms with Crippen LogP contribution in [0, 0.1) is 6.92 Å². The summed E-state index contributed by atoms with van der Waals surface area (Å²) in [4.78, 5) is 94.3. The number of ether oxygens (including phenoxy) is 2. The van der Waals surface area contributed by atoms with Crippen molar-refractivity contribution in [3.05, 3.63) is 11.6 Å². The Morgan fingerprint density at radius 2 is 1.04 bits per heavy atom. The first-order valence-electron chi connectivity index (χ1n) is 13.5. The number of carboxylic acids is 3. The number of hydrogen-bond donors (Lipinski definition) is 4. The molecule has 0 unspecified atom stereocenters. The predicted octanol–water partition coefficient (Wildman–Crippen LogP) is -5.19. The maximum Gasteiger partial charge on any atom is 0.327 e. The average Bonchev–Trinajstić information content (AvgIpc) is 2.93. The lowest BCUT2D eigenvalue weighted by molar-refractivity contribution is -0.170. The molecule has 1 amide bonds. The molecule has 2 saturated heterocycles. The standard InChI is InChI=1S/C14H21N7O7.C10H12N2O6/c1-9-16-18-10(19-17-9)4-15-11(22)5-20(6-12(23)24)2-3-21(7-13(25)26)8-14(27)28;13-7-3-11(4-8(14)17-7)1-2-12-5-9(15)18-10(16)6-12/h2-8H2,1H3,(H,15,22)(H,23,24)(H,25,26)(H,27,28);1-6H2. The van der Waals surface area contributed by atoms with Gasteiger partial charge in [0.2, 0.25) is 5.91 Å². The van der Waals surface area contributed by atoms with Gasteiger partial charge >= 0.3 is 41.8 Å². The van der Waals surface area contributed by atoms with E-state index < -0.39 is 67.3 Å². The van der Waals surface area contributed by atoms with Crippen LogP contribution >= 0.6 is 0 Å². The first-order valence-corrected chi connectivity index (χ1v) is 13.5. The highest BCUT2D eigenvalue weighted by Gasteiger charge is 2.28. The molecule has 0 aromatic carbocycles. The van der Waals surface area contributed by atoms with Crippen LogP contribution in [0.3, 0.4) is 0 Å². The quantitative estimate of drug-likeness (QED) is 0.0955. The van der Waals surface area contributed by atoms with Gasteiger partial charge in [0.15, 0.2) is 11.6 Å². The van der Waals surface area contributed by atoms with Crippen molar-refractivity contribution >= 4 is 47.7 Å². The van der Waals surface area contributed by atoms with Crippen molar-refractivity contribution in [2.45, 2.75) is 13.5 Å². The Kier molecular flexibility index (Phi) is 15.1. The number of esters is 4. The van der Waals surface area contributed by atoms with E-state index in [9.17, 15) is 38.4 Å². The van der Waals surface area contributed by atoms with Gasteiger partial charge in [-0.15, -0.1) is 20.4 Å². The number of carbonyl (C=O) groups excluding carboxylic acids is 5. The van der Waals surface area contributed by atoms with Gasteiger partial charge in [-0.1, -0.05) is 0 Å². The average molecular weight is 656 g/mol. The van der Waals surface area contributed by atoms with Crippen LogP contribution < -0.4 is 5.32 Å². The Hall–Kier alpha value is -5.06. The fourth-order valence-corrected chi connectivity index (χ4v) is 3.92. The van der Waals surface area contributed by atoms with Crippen LogP contribution in [0.2, 0.25) is 0 Å². The molecule has 2 aliphatic rings. The fourth-order valence-electron chi connectivity index (χ4n) is 3.92. The third kappa shape index (κ3) is 15.6. The third-order valence-corrected chi connectivity index (χ3v) is 5.84. The molecule has 22 heteroatoms. The number of carbonyl (C=O) groups is 8. The summed E-state index contributed by atoms with van der Waals surface area (Å²) >= 11 is 0. The molecule has 3 rings (SSSR count). The van der Waals surface area contributed by atoms with Gasteiger partial charge in [-0.25, -0.2) is 0 Å². The van der Waals surface area contributed by atoms with E-state index in [0.29, 0.717) is 18.9 Å². The summed E-state index contributed by atoms with van der Waals surface area (Å²) in [5, 5.41) is 43.9. The van der Waals surface area contributed by atoms with Gasteiger partial charge < -0.3 is 30.1 Å². The van der Waals surface area contributed by atoms with Crippen molar-refractivity contribution in [3.63, 3.8) is 0 Å². The first-order chi connectivity index (χ1) is 21.7. The maximum atomic E-state index is 12.0. The molecule has 0 bridgehead atoms. The topological polar surface area (TPSA) is 292 Å². The predicted molar refractivity (Wildman–Crippen MR) is 145 cm³/mol. The number of aryl methyl sites for hydroxylation is 1. The molecule has 0 spiro atoms. The van der Waals surface area contributed by atoms with Gasteiger partial charge in [0.05, 0.1) is 58.9 Å². The molecular formula is C24H33N9O13. The van der Waals surface area contributed by atoms with Gasteiger partial charge in [0, 0.05) is 26.2 Å². The van der Waals surface area contributed by atoms with Crippen molar-refractivity contribution in [2.75, 3.05) is 78.5 Å². The van der Waals surface area contributed by atoms with Gasteiger partial charge in [-0.05, 0) is 6.92 Å². The number of morpholine rings is 2. The van der Waals surface area contributed by atoms with Crippen LogP contribution in [-0.4, -0.2) is 182 Å². The summed E-state index contributed by atoms with van der Waals surface area (Å²) in [5.41, 5.74) is 0. The second-order valence-electron chi connectivity index (χ2n) is 9.86. The number of cyclic esters (lactones) is 4. The molecule has 2 aliphatic heterocycles. The van der Waals surface area contributed by atoms with Crippen molar-refractivity contribution in [1.82, 2.24) is 45.3 Å². The van der Waals surface area contributed by atoms with Crippen LogP contribution in [0.1, 0.15) is 11.6 Å². The number of aliphatic carboxylic acids is 3. The van der Waals surface area contributed by atoms with E-state index in [1.54, 1.807) is 16.7 Å². The largest absolute Gasteiger partial charge is 0.480 e. The monoisotopic (exact) mass is 655 g/mol. The third-order valence-electron chi connectivity index (χ3n) is 5.84. The normalized spacial score (nSPS) is 15.5. The molecule has 1 aromatic heterocycles. The fraction of sp³-hybridized carbons (Fsp3) is 0.583. The van der Waals surface area contributed by atoms with Crippen LogP contribution in [0.15, 0.2) is 0 Å². The van der Waals surface area contributed by atoms with Crippen LogP contribution in [0.4, 0.5) is 0 Å². The zero-order chi connectivity index (χ0) is 34.2. The number of aromatic nitrogens is 4. The van der Waals surface area contributed by atoms with Gasteiger partial charge in [-0.2, -0.15) is 0 Å². The molecule has 1 aromatic rings. The summed E-state index contributed by atoms with van der Waals surface area (Å²) in [6.07, 6.45) is 0. The SMILES string of the molecule is Cc1nnc(CNC(=O)CN(CCN(CC(=O)O)CC(=O)O)CC(=O)O)nn1.O=C1CN(CCN2CC(=O)OC(=O)C2)CC(=O)O1. The second kappa shape index (κ2) is 18.7. The Morgan fingerprint density at radius 3 is 1.41 bits per heavy atom. The number of nitrogens with one attached hydrogen (secondary N) is 1. The van der Waals surface area contributed by atoms with E-state index in [4.69, 9.17) is 15.3 Å². The highest BCUT2D eigenvalue weighted by Crippen LogP contribution is 2.03. The zero-order valence-corrected chi connectivity index (χ0v) is 24.7. The van der Waals surface area contributed by atoms with Crippen molar-refractivity contribution < 1.29 is 63.1 Å². The van der Waals surface area contributed by atoms with Crippen LogP contribution in [-0.2, 0) is 54.4 Å². The molecule has 3 heterocycles. The number of carboxylic acid groups (broad SMARTS) is 3. The molecule has 46 heavy (non-hydrogen) atoms. The minimum atomic E-state index is -1.22. The van der Waals surface area contributed by atoms with Gasteiger partial charge in [0.25, 0.3) is 0 Å². The number of nitrogens with zero attached hydrogens (tertiary/aromatic N) is 8. The van der Waals surface area contributed by atoms with E-state index in [0.717, 1.165) is 4.90 Å². The molecule has 0 saturated carbocycles. The number of hydrogen-bond acceptors (Lipinski definition) is 18. The number of rotatable bonds is 16. The summed E-state index contributed by atoms with van der Waals surface area (Å²) in [6, 6.07) is 0. The minimum absolute atomic E-state index is 0.0234. The lowest BCUT2D eigenvalue weighted by Crippen LogP contribution is -2.49. The highest BCUT2D eigenvalue weighted by atomic mass is 16.6. The lowest BCUT2D eigenvalue weighted by atomic mass is 10.3. The van der Waals surface area contributed by atoms with Gasteiger partial charge in [-0.3, -0.25) is 58.0 Å². The Morgan fingerprint density at radius 1 is 0.674 bits per heavy atom. The lowest BCUT2D eigenvalue weighted by Gasteiger charge is -2.28. The van der Waals surface area contributed by atoms with E-state index in [-0.39, 0.29) is 58.2 Å². The summed E-state index contributed by atoms with van der Waals surface area (Å²) < 4.78 is 8.76. The first kappa shape index (κ1) is 37.1. The van der Waals surface area contributed by atoms with Crippen LogP contribution in [0.25, 0.3) is 0 Å². The Balaban J connectivity index is 0.000000350. The second-order valence-corrected chi connectivity index (χ2v) is 9.86. The maximum absolute atomic E-state index is 12.0. The molecule has 0 atom stereocenters. The van der Waals surface area contributed by atoms with Crippen molar-refractivity contribution in [3.8, 4) is 0 Å². The summed E-state index contributed by atoms with van der Waals surface area (Å²) in [5.74, 6) is -5.93. The number of amides is 1. The molecule has 0 radical (unpaired) electrons. The smallest absolute Gasteiger partial charge is 0.327 e. The van der Waals surface area contributed by atoms with Crippen molar-refractivity contribution in [1.29, 1.82) is 0 Å². The Labute approximate surface area is 260 Å². The summed E-state index contributed by atoms with van der Waals surface area (Å²) in [6.45, 7) is 0.619. The van der Waals surface area contributed by atoms with Crippen molar-refractivity contribution in [2.24, 2.45) is 0 Å². The minimum Gasteiger partial charge on any atom is -0.480 e. The van der Waals surface area contributed by atoms with E-state index in [1.807, 2.05) is 0 Å². The van der Waals surface area contributed by atoms with E-state index in [2.05, 4.69) is 35.2 Å². The molecule has 2 fully saturated rings. The highest BCUT2D eigenvalue weighted by molar-refractivity contribution is 5.90. The molecule has 252 valence electrons. The Bertz CT molecular complexity index is 1210. The molecular weight excluding hydrogens is 622 g/mol. The van der Waals surface area contributed by atoms with Crippen LogP contribution in [0.5, 0.6) is 0 Å². The van der Waals surface area contributed by atoms with Gasteiger partial charge in [0.1, 0.15) is 0 Å². The summed E-state index contributed by atoms with van der Waals surface area (Å²) in [7, 11) is 0. The van der Waals surface area contributed by atoms with E-state index in [1.165, 1.54) is 4.90 Å².